The van der Waals surface area contributed by atoms with Gasteiger partial charge < -0.3 is 25.1 Å². The molecule has 2 heterocycles. The summed E-state index contributed by atoms with van der Waals surface area (Å²) >= 11 is 0. The third-order valence-corrected chi connectivity index (χ3v) is 4.08. The number of alkyl carbamates (subject to hydrolysis) is 1. The van der Waals surface area contributed by atoms with Crippen LogP contribution < -0.4 is 33.1 Å². The van der Waals surface area contributed by atoms with Gasteiger partial charge in [0.1, 0.15) is 0 Å². The number of amides is 9. The van der Waals surface area contributed by atoms with E-state index in [0.29, 0.717) is 0 Å². The van der Waals surface area contributed by atoms with Crippen molar-refractivity contribution in [1.29, 1.82) is 0 Å². The summed E-state index contributed by atoms with van der Waals surface area (Å²) in [6.45, 7) is 0. The molecule has 1 fully saturated rings. The minimum atomic E-state index is -0.710. The van der Waals surface area contributed by atoms with Crippen LogP contribution >= 0.6 is 0 Å². The molecule has 0 aliphatic carbocycles. The van der Waals surface area contributed by atoms with Crippen LogP contribution in [0.5, 0.6) is 0 Å². The Morgan fingerprint density at radius 1 is 0.833 bits per heavy atom. The van der Waals surface area contributed by atoms with Crippen molar-refractivity contribution in [3.63, 3.8) is 0 Å². The standard InChI is InChI=1S/C6H9N3O3.C5H11N3O2.C4H6N2O2.C3H7NO2/c1-7-4-8(2)5(10)9(3)6(11)12-4;1-6-4(9)8(3)5(10)7-2;1-5-3(7)6(2)4(5)8;1-4-3(5)6-2/h1-3H3;1-3H3,(H,6,9)(H,7,10);1-2H3;1-2H3,(H,4,5). The predicted octanol–water partition coefficient (Wildman–Crippen LogP) is -2.12. The van der Waals surface area contributed by atoms with Crippen LogP contribution in [0.1, 0.15) is 0 Å². The SMILES string of the molecule is CN1C(=O)N(C)C1=O.CN=c1oc(=O)n(C)c(=O)n1C.CNC(=O)N(C)C(=O)NC.CNC(=O)OC. The van der Waals surface area contributed by atoms with E-state index in [1.807, 2.05) is 0 Å². The lowest BCUT2D eigenvalue weighted by Crippen LogP contribution is -2.59. The summed E-state index contributed by atoms with van der Waals surface area (Å²) in [5, 5.41) is 6.87. The van der Waals surface area contributed by atoms with Crippen LogP contribution in [-0.2, 0) is 18.8 Å². The minimum Gasteiger partial charge on any atom is -0.453 e. The van der Waals surface area contributed by atoms with Gasteiger partial charge >= 0.3 is 47.3 Å². The van der Waals surface area contributed by atoms with E-state index in [0.717, 1.165) is 23.8 Å². The Labute approximate surface area is 206 Å². The van der Waals surface area contributed by atoms with E-state index < -0.39 is 29.6 Å². The zero-order valence-corrected chi connectivity index (χ0v) is 21.9. The summed E-state index contributed by atoms with van der Waals surface area (Å²) in [6, 6.07) is -1.34. The number of ether oxygens (including phenoxy) is 1. The molecule has 18 heteroatoms. The Balaban J connectivity index is 0. The Morgan fingerprint density at radius 3 is 1.50 bits per heavy atom. The van der Waals surface area contributed by atoms with E-state index in [1.165, 1.54) is 70.5 Å². The highest BCUT2D eigenvalue weighted by atomic mass is 16.5. The van der Waals surface area contributed by atoms with Crippen LogP contribution in [0.15, 0.2) is 19.0 Å². The van der Waals surface area contributed by atoms with Gasteiger partial charge in [0.15, 0.2) is 0 Å². The second kappa shape index (κ2) is 16.1. The van der Waals surface area contributed by atoms with Crippen molar-refractivity contribution in [2.75, 3.05) is 56.4 Å². The molecule has 1 aromatic rings. The van der Waals surface area contributed by atoms with Crippen molar-refractivity contribution in [1.82, 2.24) is 39.8 Å². The summed E-state index contributed by atoms with van der Waals surface area (Å²) < 4.78 is 10.8. The Kier molecular flexibility index (Phi) is 15.0. The molecular formula is C18H33N9O9. The minimum absolute atomic E-state index is 0.0168. The predicted molar refractivity (Wildman–Crippen MR) is 125 cm³/mol. The van der Waals surface area contributed by atoms with E-state index in [9.17, 15) is 33.6 Å². The molecule has 0 unspecified atom stereocenters. The molecule has 0 aromatic carbocycles. The summed E-state index contributed by atoms with van der Waals surface area (Å²) in [5.41, 5.74) is -0.435. The van der Waals surface area contributed by atoms with Crippen molar-refractivity contribution in [2.45, 2.75) is 0 Å². The number of carbonyl (C=O) groups is 5. The highest BCUT2D eigenvalue weighted by Gasteiger charge is 2.36. The Morgan fingerprint density at radius 2 is 1.25 bits per heavy atom. The molecule has 0 saturated carbocycles. The molecule has 36 heavy (non-hydrogen) atoms. The number of rotatable bonds is 0. The first-order valence-corrected chi connectivity index (χ1v) is 9.84. The number of aromatic nitrogens is 2. The highest BCUT2D eigenvalue weighted by Crippen LogP contribution is 2.08. The fourth-order valence-corrected chi connectivity index (χ4v) is 1.89. The average Bonchev–Trinajstić information content (AvgIpc) is 2.91. The van der Waals surface area contributed by atoms with Gasteiger partial charge in [-0.05, 0) is 0 Å². The molecule has 9 amide bonds. The van der Waals surface area contributed by atoms with Gasteiger partial charge in [0.25, 0.3) is 0 Å². The van der Waals surface area contributed by atoms with Crippen LogP contribution in [0.2, 0.25) is 0 Å². The Bertz CT molecular complexity index is 1070. The molecule has 0 radical (unpaired) electrons. The van der Waals surface area contributed by atoms with Gasteiger partial charge in [-0.1, -0.05) is 0 Å². The molecular weight excluding hydrogens is 486 g/mol. The van der Waals surface area contributed by atoms with Crippen molar-refractivity contribution in [2.24, 2.45) is 19.1 Å². The lowest BCUT2D eigenvalue weighted by Gasteiger charge is -2.32. The first-order chi connectivity index (χ1) is 16.7. The largest absolute Gasteiger partial charge is 0.453 e. The van der Waals surface area contributed by atoms with Crippen LogP contribution in [0.25, 0.3) is 0 Å². The molecule has 2 rings (SSSR count). The first-order valence-electron chi connectivity index (χ1n) is 9.84. The monoisotopic (exact) mass is 519 g/mol. The lowest BCUT2D eigenvalue weighted by molar-refractivity contribution is 0.125. The summed E-state index contributed by atoms with van der Waals surface area (Å²) in [7, 11) is 14.3. The van der Waals surface area contributed by atoms with Crippen molar-refractivity contribution in [3.8, 4) is 0 Å². The lowest BCUT2D eigenvalue weighted by atomic mass is 10.5. The number of carbonyl (C=O) groups excluding carboxylic acids is 5. The number of urea groups is 4. The fraction of sp³-hybridized carbons (Fsp3) is 0.556. The quantitative estimate of drug-likeness (QED) is 0.341. The van der Waals surface area contributed by atoms with Crippen molar-refractivity contribution in [3.05, 3.63) is 26.7 Å². The van der Waals surface area contributed by atoms with Gasteiger partial charge in [0.05, 0.1) is 7.11 Å². The number of imide groups is 3. The molecule has 18 nitrogen and oxygen atoms in total. The first kappa shape index (κ1) is 33.5. The third kappa shape index (κ3) is 9.69. The molecule has 1 aliphatic rings. The zero-order chi connectivity index (χ0) is 28.7. The van der Waals surface area contributed by atoms with Gasteiger partial charge in [0, 0.05) is 63.4 Å². The Hall–Kier alpha value is -4.64. The normalized spacial score (nSPS) is 11.8. The molecule has 0 bridgehead atoms. The van der Waals surface area contributed by atoms with Crippen LogP contribution in [0, 0.1) is 0 Å². The molecule has 3 N–H and O–H groups in total. The van der Waals surface area contributed by atoms with Gasteiger partial charge in [-0.15, -0.1) is 0 Å². The van der Waals surface area contributed by atoms with Gasteiger partial charge in [0.2, 0.25) is 0 Å². The average molecular weight is 520 g/mol. The summed E-state index contributed by atoms with van der Waals surface area (Å²) in [6.07, 6.45) is -0.407. The smallest absolute Gasteiger partial charge is 0.425 e. The molecule has 0 atom stereocenters. The number of nitrogens with one attached hydrogen (secondary N) is 3. The molecule has 0 spiro atoms. The second-order valence-corrected chi connectivity index (χ2v) is 6.37. The third-order valence-electron chi connectivity index (χ3n) is 4.08. The van der Waals surface area contributed by atoms with Crippen molar-refractivity contribution < 1.29 is 33.1 Å². The fourth-order valence-electron chi connectivity index (χ4n) is 1.89. The number of methoxy groups -OCH3 is 1. The molecule has 1 aliphatic heterocycles. The van der Waals surface area contributed by atoms with Gasteiger partial charge in [-0.25, -0.2) is 57.8 Å². The maximum absolute atomic E-state index is 11.2. The second-order valence-electron chi connectivity index (χ2n) is 6.37. The number of hydrogen-bond acceptors (Lipinski definition) is 10. The molecule has 1 saturated heterocycles. The maximum Gasteiger partial charge on any atom is 0.425 e. The highest BCUT2D eigenvalue weighted by molar-refractivity contribution is 6.11. The summed E-state index contributed by atoms with van der Waals surface area (Å²) in [4.78, 5) is 80.7. The van der Waals surface area contributed by atoms with E-state index in [1.54, 1.807) is 0 Å². The van der Waals surface area contributed by atoms with Crippen LogP contribution in [0.3, 0.4) is 0 Å². The van der Waals surface area contributed by atoms with E-state index in [-0.39, 0.29) is 17.7 Å². The molecule has 204 valence electrons. The maximum atomic E-state index is 11.2. The van der Waals surface area contributed by atoms with Gasteiger partial charge in [-0.2, -0.15) is 0 Å². The van der Waals surface area contributed by atoms with Crippen LogP contribution in [0.4, 0.5) is 24.0 Å². The summed E-state index contributed by atoms with van der Waals surface area (Å²) in [5.74, 6) is -0.710. The molecule has 1 aromatic heterocycles. The van der Waals surface area contributed by atoms with Crippen LogP contribution in [-0.4, -0.2) is 110 Å². The number of hydrogen-bond donors (Lipinski definition) is 3. The van der Waals surface area contributed by atoms with Gasteiger partial charge in [-0.3, -0.25) is 4.57 Å². The zero-order valence-electron chi connectivity index (χ0n) is 21.9. The topological polar surface area (TPSA) is 210 Å². The van der Waals surface area contributed by atoms with E-state index >= 15 is 0 Å². The van der Waals surface area contributed by atoms with E-state index in [4.69, 9.17) is 0 Å². The van der Waals surface area contributed by atoms with Crippen molar-refractivity contribution >= 4 is 30.2 Å². The van der Waals surface area contributed by atoms with E-state index in [2.05, 4.69) is 30.1 Å². The number of nitrogens with zero attached hydrogens (tertiary/aromatic N) is 6.